The number of thiophene rings is 1. The Bertz CT molecular complexity index is 930. The summed E-state index contributed by atoms with van der Waals surface area (Å²) in [7, 11) is 0. The number of nitrogens with zero attached hydrogens (tertiary/aromatic N) is 4. The highest BCUT2D eigenvalue weighted by molar-refractivity contribution is 7.17. The highest BCUT2D eigenvalue weighted by atomic mass is 32.1. The van der Waals surface area contributed by atoms with Gasteiger partial charge in [-0.2, -0.15) is 4.98 Å². The average Bonchev–Trinajstić information content (AvgIpc) is 3.16. The van der Waals surface area contributed by atoms with E-state index in [1.165, 1.54) is 0 Å². The largest absolute Gasteiger partial charge is 0.397 e. The molecule has 0 aliphatic carbocycles. The van der Waals surface area contributed by atoms with Gasteiger partial charge in [-0.1, -0.05) is 5.16 Å². The molecule has 4 rings (SSSR count). The van der Waals surface area contributed by atoms with Crippen LogP contribution >= 0.6 is 11.3 Å². The van der Waals surface area contributed by atoms with Crippen molar-refractivity contribution in [1.82, 2.24) is 20.1 Å². The van der Waals surface area contributed by atoms with E-state index >= 15 is 0 Å². The van der Waals surface area contributed by atoms with E-state index in [4.69, 9.17) is 10.3 Å². The van der Waals surface area contributed by atoms with Crippen molar-refractivity contribution in [1.29, 1.82) is 0 Å². The highest BCUT2D eigenvalue weighted by Gasteiger charge is 2.14. The zero-order valence-corrected chi connectivity index (χ0v) is 11.5. The number of rotatable bonds is 2. The van der Waals surface area contributed by atoms with Gasteiger partial charge < -0.3 is 10.3 Å². The molecule has 0 atom stereocenters. The van der Waals surface area contributed by atoms with E-state index in [1.54, 1.807) is 35.9 Å². The second-order valence-corrected chi connectivity index (χ2v) is 5.34. The Kier molecular flexibility index (Phi) is 2.65. The first-order chi connectivity index (χ1) is 10.3. The summed E-state index contributed by atoms with van der Waals surface area (Å²) in [6, 6.07) is 7.46. The molecule has 0 aliphatic rings. The third-order valence-electron chi connectivity index (χ3n) is 3.03. The number of fused-ring (bicyclic) bond motifs is 1. The number of hydrogen-bond donors (Lipinski definition) is 1. The molecule has 0 unspecified atom stereocenters. The molecule has 0 amide bonds. The topological polar surface area (TPSA) is 90.7 Å². The van der Waals surface area contributed by atoms with Crippen molar-refractivity contribution in [3.63, 3.8) is 0 Å². The van der Waals surface area contributed by atoms with Crippen molar-refractivity contribution in [3.05, 3.63) is 42.0 Å². The molecule has 4 aromatic rings. The molecule has 7 heteroatoms. The van der Waals surface area contributed by atoms with Gasteiger partial charge in [0.1, 0.15) is 0 Å². The maximum atomic E-state index is 5.86. The van der Waals surface area contributed by atoms with Gasteiger partial charge in [-0.3, -0.25) is 4.98 Å². The normalized spacial score (nSPS) is 11.0. The third kappa shape index (κ3) is 2.03. The molecule has 0 spiro atoms. The van der Waals surface area contributed by atoms with Gasteiger partial charge >= 0.3 is 0 Å². The van der Waals surface area contributed by atoms with Gasteiger partial charge in [-0.05, 0) is 29.6 Å². The highest BCUT2D eigenvalue weighted by Crippen LogP contribution is 2.27. The molecule has 4 heterocycles. The Labute approximate surface area is 123 Å². The fourth-order valence-electron chi connectivity index (χ4n) is 2.00. The molecule has 0 aliphatic heterocycles. The average molecular weight is 295 g/mol. The summed E-state index contributed by atoms with van der Waals surface area (Å²) in [4.78, 5) is 12.9. The summed E-state index contributed by atoms with van der Waals surface area (Å²) in [5.41, 5.74) is 8.61. The van der Waals surface area contributed by atoms with Crippen molar-refractivity contribution < 1.29 is 4.52 Å². The quantitative estimate of drug-likeness (QED) is 0.611. The van der Waals surface area contributed by atoms with Crippen molar-refractivity contribution >= 4 is 27.2 Å². The van der Waals surface area contributed by atoms with Gasteiger partial charge in [0.05, 0.1) is 15.9 Å². The molecule has 0 fully saturated rings. The van der Waals surface area contributed by atoms with Gasteiger partial charge in [0.25, 0.3) is 5.89 Å². The van der Waals surface area contributed by atoms with Gasteiger partial charge in [0.15, 0.2) is 5.69 Å². The first-order valence-electron chi connectivity index (χ1n) is 6.19. The monoisotopic (exact) mass is 295 g/mol. The van der Waals surface area contributed by atoms with E-state index in [2.05, 4.69) is 20.1 Å². The summed E-state index contributed by atoms with van der Waals surface area (Å²) in [5.74, 6) is 0.771. The number of hydrogen-bond acceptors (Lipinski definition) is 7. The standard InChI is InChI=1S/C14H9N5OS/c15-9-2-1-4-16-12(9)14-18-13(19-20-14)8-6-11-10(17-7-8)3-5-21-11/h1-7H,15H2. The molecule has 0 bridgehead atoms. The first kappa shape index (κ1) is 12.0. The molecule has 4 aromatic heterocycles. The minimum atomic E-state index is 0.300. The zero-order chi connectivity index (χ0) is 14.2. The summed E-state index contributed by atoms with van der Waals surface area (Å²) in [6.45, 7) is 0. The van der Waals surface area contributed by atoms with Gasteiger partial charge in [0, 0.05) is 18.0 Å². The summed E-state index contributed by atoms with van der Waals surface area (Å²) < 4.78 is 6.33. The Morgan fingerprint density at radius 2 is 2.14 bits per heavy atom. The second-order valence-electron chi connectivity index (χ2n) is 4.39. The summed E-state index contributed by atoms with van der Waals surface area (Å²) in [5, 5.41) is 5.98. The molecule has 0 aromatic carbocycles. The van der Waals surface area contributed by atoms with Gasteiger partial charge in [-0.15, -0.1) is 11.3 Å². The SMILES string of the molecule is Nc1cccnc1-c1nc(-c2cnc3ccsc3c2)no1. The van der Waals surface area contributed by atoms with Crippen LogP contribution < -0.4 is 5.73 Å². The van der Waals surface area contributed by atoms with Crippen molar-refractivity contribution in [3.8, 4) is 23.0 Å². The van der Waals surface area contributed by atoms with E-state index in [1.807, 2.05) is 17.5 Å². The van der Waals surface area contributed by atoms with E-state index < -0.39 is 0 Å². The lowest BCUT2D eigenvalue weighted by Gasteiger charge is -1.96. The lowest BCUT2D eigenvalue weighted by atomic mass is 10.2. The Morgan fingerprint density at radius 1 is 1.19 bits per heavy atom. The van der Waals surface area contributed by atoms with Crippen LogP contribution in [0.5, 0.6) is 0 Å². The van der Waals surface area contributed by atoms with E-state index in [-0.39, 0.29) is 0 Å². The van der Waals surface area contributed by atoms with Gasteiger partial charge in [-0.25, -0.2) is 4.98 Å². The number of anilines is 1. The minimum Gasteiger partial charge on any atom is -0.397 e. The summed E-state index contributed by atoms with van der Waals surface area (Å²) in [6.07, 6.45) is 3.36. The van der Waals surface area contributed by atoms with E-state index in [0.717, 1.165) is 15.8 Å². The second kappa shape index (κ2) is 4.64. The maximum Gasteiger partial charge on any atom is 0.278 e. The van der Waals surface area contributed by atoms with E-state index in [9.17, 15) is 0 Å². The number of aromatic nitrogens is 4. The maximum absolute atomic E-state index is 5.86. The van der Waals surface area contributed by atoms with Gasteiger partial charge in [0.2, 0.25) is 5.82 Å². The van der Waals surface area contributed by atoms with Crippen LogP contribution in [0.2, 0.25) is 0 Å². The number of nitrogen functional groups attached to an aromatic ring is 1. The first-order valence-corrected chi connectivity index (χ1v) is 7.07. The minimum absolute atomic E-state index is 0.300. The Morgan fingerprint density at radius 3 is 3.05 bits per heavy atom. The lowest BCUT2D eigenvalue weighted by molar-refractivity contribution is 0.431. The molecule has 102 valence electrons. The Balaban J connectivity index is 1.78. The summed E-state index contributed by atoms with van der Waals surface area (Å²) >= 11 is 1.62. The van der Waals surface area contributed by atoms with Crippen molar-refractivity contribution in [2.24, 2.45) is 0 Å². The van der Waals surface area contributed by atoms with Crippen LogP contribution in [0.3, 0.4) is 0 Å². The predicted molar refractivity (Wildman–Crippen MR) is 80.6 cm³/mol. The fourth-order valence-corrected chi connectivity index (χ4v) is 2.78. The predicted octanol–water partition coefficient (Wildman–Crippen LogP) is 2.99. The molecule has 0 radical (unpaired) electrons. The molecule has 6 nitrogen and oxygen atoms in total. The van der Waals surface area contributed by atoms with Crippen molar-refractivity contribution in [2.45, 2.75) is 0 Å². The smallest absolute Gasteiger partial charge is 0.278 e. The number of pyridine rings is 2. The molecule has 0 saturated heterocycles. The molecule has 0 saturated carbocycles. The molecular weight excluding hydrogens is 286 g/mol. The fraction of sp³-hybridized carbons (Fsp3) is 0. The number of nitrogens with two attached hydrogens (primary N) is 1. The van der Waals surface area contributed by atoms with Crippen LogP contribution in [-0.2, 0) is 0 Å². The molecule has 2 N–H and O–H groups in total. The van der Waals surface area contributed by atoms with Crippen LogP contribution in [0.25, 0.3) is 33.2 Å². The van der Waals surface area contributed by atoms with Crippen LogP contribution in [-0.4, -0.2) is 20.1 Å². The van der Waals surface area contributed by atoms with Crippen molar-refractivity contribution in [2.75, 3.05) is 5.73 Å². The van der Waals surface area contributed by atoms with Crippen LogP contribution in [0.4, 0.5) is 5.69 Å². The molecular formula is C14H9N5OS. The van der Waals surface area contributed by atoms with E-state index in [0.29, 0.717) is 23.1 Å². The molecule has 21 heavy (non-hydrogen) atoms. The lowest BCUT2D eigenvalue weighted by Crippen LogP contribution is -1.92. The zero-order valence-electron chi connectivity index (χ0n) is 10.7. The Hall–Kier alpha value is -2.80. The third-order valence-corrected chi connectivity index (χ3v) is 3.88. The van der Waals surface area contributed by atoms with Crippen LogP contribution in [0.1, 0.15) is 0 Å². The van der Waals surface area contributed by atoms with Crippen LogP contribution in [0.15, 0.2) is 46.6 Å². The van der Waals surface area contributed by atoms with Crippen LogP contribution in [0, 0.1) is 0 Å².